The third kappa shape index (κ3) is 3.87. The van der Waals surface area contributed by atoms with E-state index in [1.807, 2.05) is 25.1 Å². The first kappa shape index (κ1) is 17.9. The second-order valence-corrected chi connectivity index (χ2v) is 7.59. The van der Waals surface area contributed by atoms with Crippen molar-refractivity contribution >= 4 is 11.9 Å². The van der Waals surface area contributed by atoms with Crippen molar-refractivity contribution < 1.29 is 14.3 Å². The number of methoxy groups -OCH3 is 1. The first-order chi connectivity index (χ1) is 12.0. The van der Waals surface area contributed by atoms with E-state index in [0.717, 1.165) is 30.4 Å². The Morgan fingerprint density at radius 3 is 2.72 bits per heavy atom. The fraction of sp³-hybridized carbons (Fsp3) is 0.600. The molecule has 2 saturated carbocycles. The van der Waals surface area contributed by atoms with Crippen molar-refractivity contribution in [1.82, 2.24) is 5.32 Å². The molecule has 3 N–H and O–H groups in total. The van der Waals surface area contributed by atoms with Crippen LogP contribution in [0.3, 0.4) is 0 Å². The lowest BCUT2D eigenvalue weighted by molar-refractivity contribution is -0.145. The van der Waals surface area contributed by atoms with Gasteiger partial charge in [0.05, 0.1) is 18.9 Å². The maximum atomic E-state index is 12.6. The standard InChI is InChI=1S/C20H28N2O3/c1-12-4-3-5-13(8-12)9-16(20(24)25-2)11-22-19(23)17-14-6-7-15(10-14)18(17)21/h3-5,8,14-18H,6-7,9-11,21H2,1-2H3,(H,22,23). The van der Waals surface area contributed by atoms with Crippen molar-refractivity contribution in [1.29, 1.82) is 0 Å². The fourth-order valence-electron chi connectivity index (χ4n) is 4.60. The average Bonchev–Trinajstić information content (AvgIpc) is 3.18. The minimum atomic E-state index is -0.384. The second-order valence-electron chi connectivity index (χ2n) is 7.59. The largest absolute Gasteiger partial charge is 0.469 e. The van der Waals surface area contributed by atoms with Crippen LogP contribution in [0.25, 0.3) is 0 Å². The summed E-state index contributed by atoms with van der Waals surface area (Å²) in [7, 11) is 1.39. The van der Waals surface area contributed by atoms with Crippen molar-refractivity contribution in [3.63, 3.8) is 0 Å². The van der Waals surface area contributed by atoms with E-state index in [4.69, 9.17) is 10.5 Å². The summed E-state index contributed by atoms with van der Waals surface area (Å²) in [6.45, 7) is 2.31. The number of rotatable bonds is 6. The molecule has 25 heavy (non-hydrogen) atoms. The first-order valence-electron chi connectivity index (χ1n) is 9.16. The van der Waals surface area contributed by atoms with Crippen molar-refractivity contribution in [2.75, 3.05) is 13.7 Å². The Bertz CT molecular complexity index is 644. The Hall–Kier alpha value is -1.88. The summed E-state index contributed by atoms with van der Waals surface area (Å²) in [4.78, 5) is 24.8. The summed E-state index contributed by atoms with van der Waals surface area (Å²) in [6, 6.07) is 8.02. The van der Waals surface area contributed by atoms with Gasteiger partial charge in [-0.15, -0.1) is 0 Å². The number of aryl methyl sites for hydroxylation is 1. The molecule has 5 atom stereocenters. The van der Waals surface area contributed by atoms with Crippen LogP contribution in [0.4, 0.5) is 0 Å². The van der Waals surface area contributed by atoms with Crippen molar-refractivity contribution in [3.05, 3.63) is 35.4 Å². The van der Waals surface area contributed by atoms with Gasteiger partial charge in [0.2, 0.25) is 5.91 Å². The molecule has 5 nitrogen and oxygen atoms in total. The highest BCUT2D eigenvalue weighted by Gasteiger charge is 2.49. The Morgan fingerprint density at radius 2 is 2.08 bits per heavy atom. The molecular formula is C20H28N2O3. The molecular weight excluding hydrogens is 316 g/mol. The molecule has 0 aliphatic heterocycles. The van der Waals surface area contributed by atoms with Gasteiger partial charge in [0, 0.05) is 12.6 Å². The summed E-state index contributed by atoms with van der Waals surface area (Å²) in [5.74, 6) is 0.122. The number of benzene rings is 1. The highest BCUT2D eigenvalue weighted by atomic mass is 16.5. The smallest absolute Gasteiger partial charge is 0.310 e. The Kier molecular flexibility index (Phi) is 5.42. The van der Waals surface area contributed by atoms with E-state index >= 15 is 0 Å². The van der Waals surface area contributed by atoms with Gasteiger partial charge in [-0.3, -0.25) is 9.59 Å². The fourth-order valence-corrected chi connectivity index (χ4v) is 4.60. The monoisotopic (exact) mass is 344 g/mol. The maximum absolute atomic E-state index is 12.6. The van der Waals surface area contributed by atoms with Gasteiger partial charge in [-0.05, 0) is 50.0 Å². The summed E-state index contributed by atoms with van der Waals surface area (Å²) < 4.78 is 4.93. The third-order valence-corrected chi connectivity index (χ3v) is 5.91. The lowest BCUT2D eigenvalue weighted by atomic mass is 9.84. The molecule has 2 fully saturated rings. The molecule has 5 heteroatoms. The number of nitrogens with two attached hydrogens (primary N) is 1. The van der Waals surface area contributed by atoms with E-state index < -0.39 is 0 Å². The summed E-state index contributed by atoms with van der Waals surface area (Å²) in [6.07, 6.45) is 3.87. The van der Waals surface area contributed by atoms with Gasteiger partial charge >= 0.3 is 5.97 Å². The number of hydrogen-bond acceptors (Lipinski definition) is 4. The molecule has 2 bridgehead atoms. The van der Waals surface area contributed by atoms with Crippen LogP contribution in [0.5, 0.6) is 0 Å². The van der Waals surface area contributed by atoms with Crippen molar-refractivity contribution in [2.45, 2.75) is 38.6 Å². The molecule has 0 spiro atoms. The average molecular weight is 344 g/mol. The molecule has 5 unspecified atom stereocenters. The van der Waals surface area contributed by atoms with Crippen molar-refractivity contribution in [2.24, 2.45) is 29.4 Å². The predicted molar refractivity (Wildman–Crippen MR) is 95.7 cm³/mol. The van der Waals surface area contributed by atoms with Crippen LogP contribution in [0.1, 0.15) is 30.4 Å². The van der Waals surface area contributed by atoms with Gasteiger partial charge in [0.15, 0.2) is 0 Å². The summed E-state index contributed by atoms with van der Waals surface area (Å²) in [5.41, 5.74) is 8.47. The third-order valence-electron chi connectivity index (χ3n) is 5.91. The quantitative estimate of drug-likeness (QED) is 0.771. The number of carbonyl (C=O) groups excluding carboxylic acids is 2. The van der Waals surface area contributed by atoms with E-state index in [-0.39, 0.29) is 29.8 Å². The van der Waals surface area contributed by atoms with Crippen molar-refractivity contribution in [3.8, 4) is 0 Å². The molecule has 0 aromatic heterocycles. The van der Waals surface area contributed by atoms with Gasteiger partial charge < -0.3 is 15.8 Å². The lowest BCUT2D eigenvalue weighted by Gasteiger charge is -2.27. The topological polar surface area (TPSA) is 81.4 Å². The van der Waals surface area contributed by atoms with Crippen LogP contribution in [0.2, 0.25) is 0 Å². The molecule has 3 rings (SSSR count). The Balaban J connectivity index is 1.61. The Labute approximate surface area is 149 Å². The first-order valence-corrected chi connectivity index (χ1v) is 9.16. The van der Waals surface area contributed by atoms with Crippen LogP contribution in [0.15, 0.2) is 24.3 Å². The molecule has 1 aromatic carbocycles. The van der Waals surface area contributed by atoms with Gasteiger partial charge in [-0.1, -0.05) is 29.8 Å². The highest BCUT2D eigenvalue weighted by molar-refractivity contribution is 5.81. The molecule has 0 heterocycles. The van der Waals surface area contributed by atoms with E-state index in [1.54, 1.807) is 0 Å². The molecule has 0 radical (unpaired) electrons. The van der Waals surface area contributed by atoms with Crippen LogP contribution in [-0.4, -0.2) is 31.6 Å². The number of amides is 1. The molecule has 1 aromatic rings. The maximum Gasteiger partial charge on any atom is 0.310 e. The van der Waals surface area contributed by atoms with Gasteiger partial charge in [0.1, 0.15) is 0 Å². The predicted octanol–water partition coefficient (Wildman–Crippen LogP) is 1.82. The minimum absolute atomic E-state index is 0.00200. The molecule has 2 aliphatic carbocycles. The lowest BCUT2D eigenvalue weighted by Crippen LogP contribution is -2.47. The number of carbonyl (C=O) groups is 2. The molecule has 0 saturated heterocycles. The van der Waals surface area contributed by atoms with Crippen LogP contribution >= 0.6 is 0 Å². The van der Waals surface area contributed by atoms with E-state index in [2.05, 4.69) is 11.4 Å². The van der Waals surface area contributed by atoms with E-state index in [9.17, 15) is 9.59 Å². The van der Waals surface area contributed by atoms with Gasteiger partial charge in [-0.2, -0.15) is 0 Å². The van der Waals surface area contributed by atoms with Crippen LogP contribution < -0.4 is 11.1 Å². The Morgan fingerprint density at radius 1 is 1.32 bits per heavy atom. The minimum Gasteiger partial charge on any atom is -0.469 e. The summed E-state index contributed by atoms with van der Waals surface area (Å²) in [5, 5.41) is 2.97. The van der Waals surface area contributed by atoms with E-state index in [0.29, 0.717) is 24.8 Å². The molecule has 2 aliphatic rings. The van der Waals surface area contributed by atoms with Gasteiger partial charge in [-0.25, -0.2) is 0 Å². The second kappa shape index (κ2) is 7.56. The van der Waals surface area contributed by atoms with Crippen LogP contribution in [0, 0.1) is 30.6 Å². The van der Waals surface area contributed by atoms with Crippen LogP contribution in [-0.2, 0) is 20.7 Å². The summed E-state index contributed by atoms with van der Waals surface area (Å²) >= 11 is 0. The zero-order chi connectivity index (χ0) is 18.0. The number of nitrogens with one attached hydrogen (secondary N) is 1. The zero-order valence-corrected chi connectivity index (χ0v) is 15.0. The normalized spacial score (nSPS) is 28.6. The number of hydrogen-bond donors (Lipinski definition) is 2. The molecule has 136 valence electrons. The highest BCUT2D eigenvalue weighted by Crippen LogP contribution is 2.47. The van der Waals surface area contributed by atoms with E-state index in [1.165, 1.54) is 7.11 Å². The number of fused-ring (bicyclic) bond motifs is 2. The number of esters is 1. The molecule has 1 amide bonds. The zero-order valence-electron chi connectivity index (χ0n) is 15.0. The number of ether oxygens (including phenoxy) is 1. The van der Waals surface area contributed by atoms with Gasteiger partial charge in [0.25, 0.3) is 0 Å². The SMILES string of the molecule is COC(=O)C(CNC(=O)C1C2CCC(C2)C1N)Cc1cccc(C)c1.